The first-order valence-corrected chi connectivity index (χ1v) is 9.32. The topological polar surface area (TPSA) is 65.1 Å². The van der Waals surface area contributed by atoms with Crippen LogP contribution in [-0.2, 0) is 9.53 Å². The maximum absolute atomic E-state index is 12.9. The largest absolute Gasteiger partial charge is 0.497 e. The van der Waals surface area contributed by atoms with E-state index in [1.165, 1.54) is 0 Å². The van der Waals surface area contributed by atoms with Crippen LogP contribution in [0.25, 0.3) is 0 Å². The molecule has 0 aromatic heterocycles. The van der Waals surface area contributed by atoms with E-state index < -0.39 is 0 Å². The lowest BCUT2D eigenvalue weighted by molar-refractivity contribution is -0.143. The molecule has 0 heterocycles. The van der Waals surface area contributed by atoms with Crippen molar-refractivity contribution in [1.29, 1.82) is 0 Å². The number of nitrogens with zero attached hydrogens (tertiary/aromatic N) is 1. The van der Waals surface area contributed by atoms with Gasteiger partial charge in [-0.1, -0.05) is 17.7 Å². The molecule has 6 nitrogen and oxygen atoms in total. The summed E-state index contributed by atoms with van der Waals surface area (Å²) < 4.78 is 15.8. The average molecular weight is 385 g/mol. The summed E-state index contributed by atoms with van der Waals surface area (Å²) in [5.41, 5.74) is 1.60. The fourth-order valence-corrected chi connectivity index (χ4v) is 2.68. The van der Waals surface area contributed by atoms with Crippen molar-refractivity contribution in [2.45, 2.75) is 20.3 Å². The molecule has 0 unspecified atom stereocenters. The molecule has 0 fully saturated rings. The standard InChI is InChI=1S/C22H27NO5/c1-4-27-21(24)12-13-23(22(25)18-7-5-6-17(2)16-18)14-15-28-20-10-8-19(26-3)9-11-20/h5-11,16H,4,12-15H2,1-3H3. The number of carbonyl (C=O) groups is 2. The van der Waals surface area contributed by atoms with E-state index >= 15 is 0 Å². The summed E-state index contributed by atoms with van der Waals surface area (Å²) in [6.45, 7) is 4.97. The van der Waals surface area contributed by atoms with Crippen molar-refractivity contribution in [3.63, 3.8) is 0 Å². The van der Waals surface area contributed by atoms with Crippen molar-refractivity contribution < 1.29 is 23.8 Å². The third-order valence-corrected chi connectivity index (χ3v) is 4.13. The zero-order chi connectivity index (χ0) is 20.4. The van der Waals surface area contributed by atoms with E-state index in [1.807, 2.05) is 49.4 Å². The molecule has 0 aliphatic rings. The molecule has 6 heteroatoms. The highest BCUT2D eigenvalue weighted by Gasteiger charge is 2.17. The number of hydrogen-bond acceptors (Lipinski definition) is 5. The molecular formula is C22H27NO5. The molecule has 0 saturated carbocycles. The molecule has 2 aromatic carbocycles. The van der Waals surface area contributed by atoms with E-state index in [-0.39, 0.29) is 24.8 Å². The van der Waals surface area contributed by atoms with Gasteiger partial charge in [0, 0.05) is 12.1 Å². The summed E-state index contributed by atoms with van der Waals surface area (Å²) >= 11 is 0. The van der Waals surface area contributed by atoms with Crippen molar-refractivity contribution in [3.05, 3.63) is 59.7 Å². The highest BCUT2D eigenvalue weighted by Crippen LogP contribution is 2.17. The third kappa shape index (κ3) is 6.61. The van der Waals surface area contributed by atoms with E-state index in [9.17, 15) is 9.59 Å². The van der Waals surface area contributed by atoms with Gasteiger partial charge in [0.2, 0.25) is 0 Å². The van der Waals surface area contributed by atoms with Crippen molar-refractivity contribution in [2.75, 3.05) is 33.4 Å². The van der Waals surface area contributed by atoms with Crippen LogP contribution in [-0.4, -0.2) is 50.2 Å². The molecule has 1 amide bonds. The van der Waals surface area contributed by atoms with Crippen LogP contribution in [0.4, 0.5) is 0 Å². The van der Waals surface area contributed by atoms with Gasteiger partial charge >= 0.3 is 5.97 Å². The minimum absolute atomic E-state index is 0.133. The van der Waals surface area contributed by atoms with Gasteiger partial charge in [-0.2, -0.15) is 0 Å². The maximum Gasteiger partial charge on any atom is 0.307 e. The Balaban J connectivity index is 1.99. The Bertz CT molecular complexity index is 773. The lowest BCUT2D eigenvalue weighted by Gasteiger charge is -2.23. The minimum atomic E-state index is -0.319. The number of esters is 1. The van der Waals surface area contributed by atoms with Gasteiger partial charge in [0.25, 0.3) is 5.91 Å². The molecule has 0 bridgehead atoms. The SMILES string of the molecule is CCOC(=O)CCN(CCOc1ccc(OC)cc1)C(=O)c1cccc(C)c1. The lowest BCUT2D eigenvalue weighted by atomic mass is 10.1. The van der Waals surface area contributed by atoms with Crippen LogP contribution < -0.4 is 9.47 Å². The van der Waals surface area contributed by atoms with Crippen LogP contribution in [0.2, 0.25) is 0 Å². The lowest BCUT2D eigenvalue weighted by Crippen LogP contribution is -2.36. The van der Waals surface area contributed by atoms with Gasteiger partial charge in [0.1, 0.15) is 18.1 Å². The average Bonchev–Trinajstić information content (AvgIpc) is 2.70. The van der Waals surface area contributed by atoms with Crippen LogP contribution >= 0.6 is 0 Å². The van der Waals surface area contributed by atoms with Crippen molar-refractivity contribution in [2.24, 2.45) is 0 Å². The Labute approximate surface area is 166 Å². The molecule has 0 N–H and O–H groups in total. The molecule has 0 aliphatic carbocycles. The second kappa shape index (κ2) is 11.0. The summed E-state index contributed by atoms with van der Waals surface area (Å²) in [5.74, 6) is 0.985. The Morgan fingerprint density at radius 1 is 1.00 bits per heavy atom. The highest BCUT2D eigenvalue weighted by molar-refractivity contribution is 5.94. The van der Waals surface area contributed by atoms with Crippen LogP contribution in [0.5, 0.6) is 11.5 Å². The first kappa shape index (κ1) is 21.3. The van der Waals surface area contributed by atoms with E-state index in [4.69, 9.17) is 14.2 Å². The van der Waals surface area contributed by atoms with Crippen molar-refractivity contribution >= 4 is 11.9 Å². The molecule has 0 spiro atoms. The molecule has 0 atom stereocenters. The van der Waals surface area contributed by atoms with E-state index in [1.54, 1.807) is 25.0 Å². The fraction of sp³-hybridized carbons (Fsp3) is 0.364. The first-order valence-electron chi connectivity index (χ1n) is 9.32. The fourth-order valence-electron chi connectivity index (χ4n) is 2.68. The molecular weight excluding hydrogens is 358 g/mol. The Morgan fingerprint density at radius 2 is 1.71 bits per heavy atom. The Hall–Kier alpha value is -3.02. The minimum Gasteiger partial charge on any atom is -0.497 e. The summed E-state index contributed by atoms with van der Waals surface area (Å²) in [6.07, 6.45) is 0.147. The smallest absolute Gasteiger partial charge is 0.307 e. The summed E-state index contributed by atoms with van der Waals surface area (Å²) in [5, 5.41) is 0. The molecule has 2 aromatic rings. The van der Waals surface area contributed by atoms with Crippen LogP contribution in [0.15, 0.2) is 48.5 Å². The molecule has 0 aliphatic heterocycles. The third-order valence-electron chi connectivity index (χ3n) is 4.13. The Morgan fingerprint density at radius 3 is 2.36 bits per heavy atom. The molecule has 28 heavy (non-hydrogen) atoms. The van der Waals surface area contributed by atoms with E-state index in [0.717, 1.165) is 11.3 Å². The number of hydrogen-bond donors (Lipinski definition) is 0. The van der Waals surface area contributed by atoms with Gasteiger partial charge in [0.15, 0.2) is 0 Å². The van der Waals surface area contributed by atoms with Crippen LogP contribution in [0.1, 0.15) is 29.3 Å². The highest BCUT2D eigenvalue weighted by atomic mass is 16.5. The zero-order valence-electron chi connectivity index (χ0n) is 16.6. The number of rotatable bonds is 10. The summed E-state index contributed by atoms with van der Waals surface area (Å²) in [6, 6.07) is 14.6. The number of benzene rings is 2. The second-order valence-electron chi connectivity index (χ2n) is 6.24. The second-order valence-corrected chi connectivity index (χ2v) is 6.24. The predicted molar refractivity (Wildman–Crippen MR) is 107 cm³/mol. The number of ether oxygens (including phenoxy) is 3. The quantitative estimate of drug-likeness (QED) is 0.586. The first-order chi connectivity index (χ1) is 13.5. The van der Waals surface area contributed by atoms with Crippen LogP contribution in [0, 0.1) is 6.92 Å². The van der Waals surface area contributed by atoms with Gasteiger partial charge in [-0.25, -0.2) is 0 Å². The van der Waals surface area contributed by atoms with Gasteiger partial charge < -0.3 is 19.1 Å². The maximum atomic E-state index is 12.9. The normalized spacial score (nSPS) is 10.2. The zero-order valence-corrected chi connectivity index (χ0v) is 16.6. The Kier molecular flexibility index (Phi) is 8.34. The van der Waals surface area contributed by atoms with Crippen molar-refractivity contribution in [1.82, 2.24) is 4.90 Å². The number of aryl methyl sites for hydroxylation is 1. The van der Waals surface area contributed by atoms with Gasteiger partial charge in [-0.05, 0) is 50.2 Å². The van der Waals surface area contributed by atoms with E-state index in [2.05, 4.69) is 0 Å². The summed E-state index contributed by atoms with van der Waals surface area (Å²) in [4.78, 5) is 26.2. The van der Waals surface area contributed by atoms with Crippen LogP contribution in [0.3, 0.4) is 0 Å². The molecule has 2 rings (SSSR count). The molecule has 0 saturated heterocycles. The monoisotopic (exact) mass is 385 g/mol. The number of carbonyl (C=O) groups excluding carboxylic acids is 2. The van der Waals surface area contributed by atoms with Gasteiger partial charge in [-0.15, -0.1) is 0 Å². The predicted octanol–water partition coefficient (Wildman–Crippen LogP) is 3.48. The van der Waals surface area contributed by atoms with Gasteiger partial charge in [-0.3, -0.25) is 9.59 Å². The molecule has 150 valence electrons. The van der Waals surface area contributed by atoms with E-state index in [0.29, 0.717) is 31.1 Å². The number of amides is 1. The number of methoxy groups -OCH3 is 1. The van der Waals surface area contributed by atoms with Crippen molar-refractivity contribution in [3.8, 4) is 11.5 Å². The molecule has 0 radical (unpaired) electrons. The summed E-state index contributed by atoms with van der Waals surface area (Å²) in [7, 11) is 1.61. The van der Waals surface area contributed by atoms with Gasteiger partial charge in [0.05, 0.1) is 26.7 Å².